The Balaban J connectivity index is 2.32. The number of nitrogens with zero attached hydrogens (tertiary/aromatic N) is 1. The highest BCUT2D eigenvalue weighted by atomic mass is 15.3. The Morgan fingerprint density at radius 1 is 1.56 bits per heavy atom. The summed E-state index contributed by atoms with van der Waals surface area (Å²) in [4.78, 5) is 2.37. The van der Waals surface area contributed by atoms with Gasteiger partial charge in [-0.05, 0) is 25.0 Å². The maximum atomic E-state index is 2.37. The van der Waals surface area contributed by atoms with Gasteiger partial charge in [-0.2, -0.15) is 0 Å². The third-order valence-electron chi connectivity index (χ3n) is 2.00. The van der Waals surface area contributed by atoms with Gasteiger partial charge in [-0.1, -0.05) is 6.08 Å². The van der Waals surface area contributed by atoms with Crippen molar-refractivity contribution in [1.82, 2.24) is 4.90 Å². The SMILES string of the molecule is CC1=CN2CC2C(C)=C1. The van der Waals surface area contributed by atoms with E-state index < -0.39 is 0 Å². The van der Waals surface area contributed by atoms with Crippen LogP contribution in [0, 0.1) is 0 Å². The molecule has 0 amide bonds. The summed E-state index contributed by atoms with van der Waals surface area (Å²) in [5.41, 5.74) is 2.91. The van der Waals surface area contributed by atoms with E-state index in [1.54, 1.807) is 0 Å². The molecule has 1 atom stereocenters. The average Bonchev–Trinajstić information content (AvgIpc) is 2.43. The third-order valence-corrected chi connectivity index (χ3v) is 2.00. The highest BCUT2D eigenvalue weighted by molar-refractivity contribution is 5.34. The molecule has 1 heteroatoms. The molecular weight excluding hydrogens is 110 g/mol. The monoisotopic (exact) mass is 121 g/mol. The molecule has 2 heterocycles. The van der Waals surface area contributed by atoms with Gasteiger partial charge in [0.25, 0.3) is 0 Å². The number of allylic oxidation sites excluding steroid dienone is 2. The Labute approximate surface area is 55.7 Å². The van der Waals surface area contributed by atoms with Gasteiger partial charge in [-0.25, -0.2) is 0 Å². The summed E-state index contributed by atoms with van der Waals surface area (Å²) < 4.78 is 0. The molecule has 0 saturated carbocycles. The lowest BCUT2D eigenvalue weighted by molar-refractivity contribution is 0.696. The van der Waals surface area contributed by atoms with Crippen LogP contribution in [0.1, 0.15) is 13.8 Å². The second-order valence-electron chi connectivity index (χ2n) is 2.97. The van der Waals surface area contributed by atoms with Gasteiger partial charge in [0.15, 0.2) is 0 Å². The molecule has 1 fully saturated rings. The summed E-state index contributed by atoms with van der Waals surface area (Å²) in [6, 6.07) is 0.772. The molecule has 0 bridgehead atoms. The second kappa shape index (κ2) is 1.41. The van der Waals surface area contributed by atoms with Crippen molar-refractivity contribution in [3.8, 4) is 0 Å². The van der Waals surface area contributed by atoms with Crippen molar-refractivity contribution < 1.29 is 0 Å². The van der Waals surface area contributed by atoms with Crippen molar-refractivity contribution in [3.63, 3.8) is 0 Å². The van der Waals surface area contributed by atoms with Crippen LogP contribution in [0.4, 0.5) is 0 Å². The van der Waals surface area contributed by atoms with Gasteiger partial charge in [-0.3, -0.25) is 0 Å². The minimum Gasteiger partial charge on any atom is -0.366 e. The van der Waals surface area contributed by atoms with E-state index in [9.17, 15) is 0 Å². The van der Waals surface area contributed by atoms with Crippen LogP contribution in [0.15, 0.2) is 23.4 Å². The van der Waals surface area contributed by atoms with Crippen LogP contribution in [-0.2, 0) is 0 Å². The van der Waals surface area contributed by atoms with Crippen LogP contribution < -0.4 is 0 Å². The molecule has 9 heavy (non-hydrogen) atoms. The molecule has 0 aromatic carbocycles. The van der Waals surface area contributed by atoms with E-state index in [4.69, 9.17) is 0 Å². The Morgan fingerprint density at radius 2 is 2.33 bits per heavy atom. The van der Waals surface area contributed by atoms with Gasteiger partial charge >= 0.3 is 0 Å². The van der Waals surface area contributed by atoms with Crippen molar-refractivity contribution in [2.24, 2.45) is 0 Å². The molecule has 0 aromatic heterocycles. The fraction of sp³-hybridized carbons (Fsp3) is 0.500. The van der Waals surface area contributed by atoms with Gasteiger partial charge < -0.3 is 4.90 Å². The van der Waals surface area contributed by atoms with Crippen molar-refractivity contribution in [1.29, 1.82) is 0 Å². The quantitative estimate of drug-likeness (QED) is 0.439. The standard InChI is InChI=1S/C8H11N/c1-6-3-7(2)8-5-9(8)4-6/h3-4,8H,5H2,1-2H3. The molecule has 0 radical (unpaired) electrons. The van der Waals surface area contributed by atoms with Crippen LogP contribution in [-0.4, -0.2) is 17.5 Å². The Bertz CT molecular complexity index is 201. The van der Waals surface area contributed by atoms with Gasteiger partial charge in [0.05, 0.1) is 6.04 Å². The Hall–Kier alpha value is -0.720. The normalized spacial score (nSPS) is 30.9. The largest absolute Gasteiger partial charge is 0.366 e. The fourth-order valence-electron chi connectivity index (χ4n) is 1.45. The molecule has 1 saturated heterocycles. The van der Waals surface area contributed by atoms with Crippen molar-refractivity contribution in [2.45, 2.75) is 19.9 Å². The predicted octanol–water partition coefficient (Wildman–Crippen LogP) is 1.53. The first-order valence-electron chi connectivity index (χ1n) is 3.40. The minimum atomic E-state index is 0.772. The second-order valence-corrected chi connectivity index (χ2v) is 2.97. The molecule has 0 aromatic rings. The molecule has 2 aliphatic heterocycles. The molecule has 2 aliphatic rings. The summed E-state index contributed by atoms with van der Waals surface area (Å²) in [6.45, 7) is 5.61. The minimum absolute atomic E-state index is 0.772. The van der Waals surface area contributed by atoms with Crippen LogP contribution in [0.5, 0.6) is 0 Å². The molecule has 1 unspecified atom stereocenters. The number of fused-ring (bicyclic) bond motifs is 1. The van der Waals surface area contributed by atoms with Crippen LogP contribution in [0.2, 0.25) is 0 Å². The Kier molecular flexibility index (Phi) is 0.797. The van der Waals surface area contributed by atoms with E-state index in [0.717, 1.165) is 6.04 Å². The van der Waals surface area contributed by atoms with Crippen molar-refractivity contribution in [2.75, 3.05) is 6.54 Å². The van der Waals surface area contributed by atoms with Gasteiger partial charge in [0, 0.05) is 12.7 Å². The van der Waals surface area contributed by atoms with E-state index in [1.807, 2.05) is 0 Å². The number of hydrogen-bond donors (Lipinski definition) is 0. The van der Waals surface area contributed by atoms with Gasteiger partial charge in [0.1, 0.15) is 0 Å². The summed E-state index contributed by atoms with van der Waals surface area (Å²) in [7, 11) is 0. The topological polar surface area (TPSA) is 3.01 Å². The van der Waals surface area contributed by atoms with Crippen LogP contribution in [0.3, 0.4) is 0 Å². The molecule has 2 rings (SSSR count). The summed E-state index contributed by atoms with van der Waals surface area (Å²) in [6.07, 6.45) is 4.51. The van der Waals surface area contributed by atoms with E-state index in [0.29, 0.717) is 0 Å². The summed E-state index contributed by atoms with van der Waals surface area (Å²) >= 11 is 0. The first kappa shape index (κ1) is 5.10. The van der Waals surface area contributed by atoms with Crippen molar-refractivity contribution >= 4 is 0 Å². The molecule has 0 spiro atoms. The predicted molar refractivity (Wildman–Crippen MR) is 38.0 cm³/mol. The molecular formula is C8H11N. The summed E-state index contributed by atoms with van der Waals surface area (Å²) in [5.74, 6) is 0. The lowest BCUT2D eigenvalue weighted by Gasteiger charge is -2.06. The van der Waals surface area contributed by atoms with E-state index >= 15 is 0 Å². The number of rotatable bonds is 0. The molecule has 0 N–H and O–H groups in total. The van der Waals surface area contributed by atoms with E-state index in [1.165, 1.54) is 17.7 Å². The zero-order valence-electron chi connectivity index (χ0n) is 5.89. The fourth-order valence-corrected chi connectivity index (χ4v) is 1.45. The lowest BCUT2D eigenvalue weighted by Crippen LogP contribution is -2.00. The lowest BCUT2D eigenvalue weighted by atomic mass is 10.1. The van der Waals surface area contributed by atoms with Gasteiger partial charge in [-0.15, -0.1) is 0 Å². The number of hydrogen-bond acceptors (Lipinski definition) is 1. The average molecular weight is 121 g/mol. The molecule has 48 valence electrons. The first-order chi connectivity index (χ1) is 4.27. The highest BCUT2D eigenvalue weighted by Gasteiger charge is 2.34. The molecule has 0 aliphatic carbocycles. The van der Waals surface area contributed by atoms with Gasteiger partial charge in [0.2, 0.25) is 0 Å². The maximum Gasteiger partial charge on any atom is 0.0673 e. The van der Waals surface area contributed by atoms with E-state index in [-0.39, 0.29) is 0 Å². The van der Waals surface area contributed by atoms with Crippen LogP contribution in [0.25, 0.3) is 0 Å². The van der Waals surface area contributed by atoms with E-state index in [2.05, 4.69) is 31.0 Å². The summed E-state index contributed by atoms with van der Waals surface area (Å²) in [5, 5.41) is 0. The maximum absolute atomic E-state index is 2.37. The molecule has 1 nitrogen and oxygen atoms in total. The zero-order valence-corrected chi connectivity index (χ0v) is 5.89. The first-order valence-corrected chi connectivity index (χ1v) is 3.40. The highest BCUT2D eigenvalue weighted by Crippen LogP contribution is 2.30. The smallest absolute Gasteiger partial charge is 0.0673 e. The van der Waals surface area contributed by atoms with Crippen LogP contribution >= 0.6 is 0 Å². The zero-order chi connectivity index (χ0) is 6.43. The Morgan fingerprint density at radius 3 is 3.00 bits per heavy atom. The third kappa shape index (κ3) is 0.680. The van der Waals surface area contributed by atoms with Crippen molar-refractivity contribution in [3.05, 3.63) is 23.4 Å².